The lowest BCUT2D eigenvalue weighted by molar-refractivity contribution is -0.153. The number of benzene rings is 2. The highest BCUT2D eigenvalue weighted by molar-refractivity contribution is 5.90. The molecule has 1 N–H and O–H groups in total. The molecule has 0 radical (unpaired) electrons. The molecule has 2 aromatic rings. The number of carbonyl (C=O) groups excluding carboxylic acids is 1. The largest absolute Gasteiger partial charge is 0.490 e. The smallest absolute Gasteiger partial charge is 0.422 e. The third kappa shape index (κ3) is 6.07. The lowest BCUT2D eigenvalue weighted by Crippen LogP contribution is -2.19. The van der Waals surface area contributed by atoms with E-state index in [9.17, 15) is 18.0 Å². The van der Waals surface area contributed by atoms with E-state index in [4.69, 9.17) is 9.47 Å². The van der Waals surface area contributed by atoms with Gasteiger partial charge in [0, 0.05) is 18.5 Å². The Hall–Kier alpha value is -2.90. The van der Waals surface area contributed by atoms with Crippen LogP contribution in [-0.4, -0.2) is 31.9 Å². The van der Waals surface area contributed by atoms with Gasteiger partial charge in [-0.15, -0.1) is 0 Å². The first-order valence-corrected chi connectivity index (χ1v) is 8.87. The monoisotopic (exact) mass is 395 g/mol. The molecule has 0 saturated heterocycles. The number of nitrogens with one attached hydrogen (secondary N) is 1. The van der Waals surface area contributed by atoms with E-state index in [1.807, 2.05) is 18.2 Å². The Balaban J connectivity index is 1.48. The summed E-state index contributed by atoms with van der Waals surface area (Å²) in [5.74, 6) is 1.28. The number of alkyl halides is 3. The van der Waals surface area contributed by atoms with Crippen LogP contribution < -0.4 is 19.5 Å². The highest BCUT2D eigenvalue weighted by atomic mass is 19.4. The zero-order chi connectivity index (χ0) is 20.0. The minimum atomic E-state index is -4.39. The first kappa shape index (κ1) is 19.9. The van der Waals surface area contributed by atoms with E-state index in [0.29, 0.717) is 36.8 Å². The van der Waals surface area contributed by atoms with Crippen molar-refractivity contribution in [1.29, 1.82) is 0 Å². The van der Waals surface area contributed by atoms with E-state index in [1.165, 1.54) is 24.3 Å². The van der Waals surface area contributed by atoms with Gasteiger partial charge in [0.25, 0.3) is 0 Å². The molecule has 3 rings (SSSR count). The standard InChI is InChI=1S/C20H20F3NO4/c21-20(22,23)13-28-16-6-4-15(5-7-16)24-19(25)9-3-14-2-8-17-18(12-14)27-11-1-10-26-17/h2,4-8,12H,1,3,9-11,13H2,(H,24,25). The van der Waals surface area contributed by atoms with E-state index in [0.717, 1.165) is 12.0 Å². The molecule has 0 bridgehead atoms. The van der Waals surface area contributed by atoms with Gasteiger partial charge in [-0.3, -0.25) is 4.79 Å². The summed E-state index contributed by atoms with van der Waals surface area (Å²) in [7, 11) is 0. The fourth-order valence-corrected chi connectivity index (χ4v) is 2.64. The summed E-state index contributed by atoms with van der Waals surface area (Å²) in [6.45, 7) is -0.136. The number of rotatable bonds is 6. The second kappa shape index (κ2) is 8.86. The molecule has 0 atom stereocenters. The summed E-state index contributed by atoms with van der Waals surface area (Å²) in [5.41, 5.74) is 1.44. The number of anilines is 1. The van der Waals surface area contributed by atoms with Crippen molar-refractivity contribution in [2.24, 2.45) is 0 Å². The molecule has 150 valence electrons. The van der Waals surface area contributed by atoms with Crippen LogP contribution in [-0.2, 0) is 11.2 Å². The number of hydrogen-bond acceptors (Lipinski definition) is 4. The maximum Gasteiger partial charge on any atom is 0.422 e. The molecular weight excluding hydrogens is 375 g/mol. The molecule has 5 nitrogen and oxygen atoms in total. The number of amides is 1. The Morgan fingerprint density at radius 3 is 2.46 bits per heavy atom. The number of ether oxygens (including phenoxy) is 3. The lowest BCUT2D eigenvalue weighted by Gasteiger charge is -2.11. The van der Waals surface area contributed by atoms with Crippen molar-refractivity contribution in [3.63, 3.8) is 0 Å². The maximum atomic E-state index is 12.1. The van der Waals surface area contributed by atoms with Gasteiger partial charge in [0.15, 0.2) is 18.1 Å². The highest BCUT2D eigenvalue weighted by Crippen LogP contribution is 2.30. The Morgan fingerprint density at radius 1 is 1.04 bits per heavy atom. The van der Waals surface area contributed by atoms with E-state index in [1.54, 1.807) is 0 Å². The van der Waals surface area contributed by atoms with Crippen molar-refractivity contribution >= 4 is 11.6 Å². The molecule has 2 aromatic carbocycles. The van der Waals surface area contributed by atoms with Crippen LogP contribution in [0.15, 0.2) is 42.5 Å². The molecule has 0 unspecified atom stereocenters. The summed E-state index contributed by atoms with van der Waals surface area (Å²) in [5, 5.41) is 2.71. The highest BCUT2D eigenvalue weighted by Gasteiger charge is 2.28. The van der Waals surface area contributed by atoms with Crippen LogP contribution >= 0.6 is 0 Å². The topological polar surface area (TPSA) is 56.8 Å². The Kier molecular flexibility index (Phi) is 6.28. The molecule has 28 heavy (non-hydrogen) atoms. The number of halogens is 3. The number of carbonyl (C=O) groups is 1. The molecule has 0 fully saturated rings. The van der Waals surface area contributed by atoms with Gasteiger partial charge in [-0.25, -0.2) is 0 Å². The molecule has 1 heterocycles. The van der Waals surface area contributed by atoms with E-state index in [-0.39, 0.29) is 18.1 Å². The average molecular weight is 395 g/mol. The van der Waals surface area contributed by atoms with Crippen LogP contribution in [0.3, 0.4) is 0 Å². The molecule has 1 aliphatic rings. The van der Waals surface area contributed by atoms with Crippen LogP contribution in [0.4, 0.5) is 18.9 Å². The molecule has 0 spiro atoms. The maximum absolute atomic E-state index is 12.1. The van der Waals surface area contributed by atoms with Gasteiger partial charge in [0.1, 0.15) is 5.75 Å². The predicted octanol–water partition coefficient (Wildman–Crippen LogP) is 4.36. The number of aryl methyl sites for hydroxylation is 1. The zero-order valence-corrected chi connectivity index (χ0v) is 15.1. The van der Waals surface area contributed by atoms with Gasteiger partial charge in [0.2, 0.25) is 5.91 Å². The SMILES string of the molecule is O=C(CCc1ccc2c(c1)OCCCO2)Nc1ccc(OCC(F)(F)F)cc1. The van der Waals surface area contributed by atoms with Crippen LogP contribution in [0.2, 0.25) is 0 Å². The van der Waals surface area contributed by atoms with E-state index in [2.05, 4.69) is 10.1 Å². The minimum Gasteiger partial charge on any atom is -0.490 e. The van der Waals surface area contributed by atoms with Crippen molar-refractivity contribution in [2.45, 2.75) is 25.4 Å². The van der Waals surface area contributed by atoms with E-state index >= 15 is 0 Å². The first-order valence-electron chi connectivity index (χ1n) is 8.87. The second-order valence-electron chi connectivity index (χ2n) is 6.31. The summed E-state index contributed by atoms with van der Waals surface area (Å²) >= 11 is 0. The van der Waals surface area contributed by atoms with Crippen LogP contribution in [0.5, 0.6) is 17.2 Å². The van der Waals surface area contributed by atoms with Gasteiger partial charge < -0.3 is 19.5 Å². The minimum absolute atomic E-state index is 0.0857. The molecule has 1 aliphatic heterocycles. The number of fused-ring (bicyclic) bond motifs is 1. The summed E-state index contributed by atoms with van der Waals surface area (Å²) in [6.07, 6.45) is -2.78. The zero-order valence-electron chi connectivity index (χ0n) is 15.1. The molecule has 0 aromatic heterocycles. The fraction of sp³-hybridized carbons (Fsp3) is 0.350. The van der Waals surface area contributed by atoms with Gasteiger partial charge in [-0.05, 0) is 48.4 Å². The molecular formula is C20H20F3NO4. The normalized spacial score (nSPS) is 13.5. The van der Waals surface area contributed by atoms with Gasteiger partial charge in [-0.1, -0.05) is 6.07 Å². The van der Waals surface area contributed by atoms with Crippen molar-refractivity contribution < 1.29 is 32.2 Å². The molecule has 8 heteroatoms. The van der Waals surface area contributed by atoms with Crippen LogP contribution in [0.25, 0.3) is 0 Å². The number of hydrogen-bond donors (Lipinski definition) is 1. The van der Waals surface area contributed by atoms with Crippen LogP contribution in [0, 0.1) is 0 Å². The second-order valence-corrected chi connectivity index (χ2v) is 6.31. The summed E-state index contributed by atoms with van der Waals surface area (Å²) < 4.78 is 52.2. The third-order valence-electron chi connectivity index (χ3n) is 3.99. The van der Waals surface area contributed by atoms with E-state index < -0.39 is 12.8 Å². The molecule has 0 saturated carbocycles. The Bertz CT molecular complexity index is 806. The fourth-order valence-electron chi connectivity index (χ4n) is 2.64. The molecule has 0 aliphatic carbocycles. The third-order valence-corrected chi connectivity index (χ3v) is 3.99. The van der Waals surface area contributed by atoms with Crippen molar-refractivity contribution in [1.82, 2.24) is 0 Å². The Labute approximate surface area is 160 Å². The van der Waals surface area contributed by atoms with Gasteiger partial charge >= 0.3 is 6.18 Å². The summed E-state index contributed by atoms with van der Waals surface area (Å²) in [4.78, 5) is 12.1. The van der Waals surface area contributed by atoms with Gasteiger partial charge in [0.05, 0.1) is 13.2 Å². The van der Waals surface area contributed by atoms with Crippen molar-refractivity contribution in [3.05, 3.63) is 48.0 Å². The lowest BCUT2D eigenvalue weighted by atomic mass is 10.1. The first-order chi connectivity index (χ1) is 13.4. The predicted molar refractivity (Wildman–Crippen MR) is 97.0 cm³/mol. The summed E-state index contributed by atoms with van der Waals surface area (Å²) in [6, 6.07) is 11.4. The quantitative estimate of drug-likeness (QED) is 0.790. The molecule has 1 amide bonds. The van der Waals surface area contributed by atoms with Crippen molar-refractivity contribution in [2.75, 3.05) is 25.1 Å². The van der Waals surface area contributed by atoms with Crippen molar-refractivity contribution in [3.8, 4) is 17.2 Å². The van der Waals surface area contributed by atoms with Gasteiger partial charge in [-0.2, -0.15) is 13.2 Å². The van der Waals surface area contributed by atoms with Crippen LogP contribution in [0.1, 0.15) is 18.4 Å². The average Bonchev–Trinajstić information content (AvgIpc) is 2.90. The Morgan fingerprint density at radius 2 is 1.75 bits per heavy atom.